The molecule has 0 aliphatic rings. The van der Waals surface area contributed by atoms with Crippen LogP contribution in [0.4, 0.5) is 0 Å². The van der Waals surface area contributed by atoms with Crippen LogP contribution in [0.25, 0.3) is 11.2 Å². The van der Waals surface area contributed by atoms with Crippen molar-refractivity contribution < 1.29 is 4.74 Å². The van der Waals surface area contributed by atoms with Crippen LogP contribution in [-0.2, 0) is 11.3 Å². The molecule has 0 spiro atoms. The second kappa shape index (κ2) is 7.40. The Hall–Kier alpha value is -0.880. The quantitative estimate of drug-likeness (QED) is 0.732. The first-order valence-corrected chi connectivity index (χ1v) is 7.67. The van der Waals surface area contributed by atoms with Crippen molar-refractivity contribution in [3.05, 3.63) is 23.1 Å². The van der Waals surface area contributed by atoms with E-state index in [9.17, 15) is 0 Å². The molecule has 0 fully saturated rings. The van der Waals surface area contributed by atoms with E-state index in [-0.39, 0.29) is 5.38 Å². The maximum Gasteiger partial charge on any atom is 0.160 e. The van der Waals surface area contributed by atoms with Gasteiger partial charge in [-0.1, -0.05) is 11.6 Å². The molecule has 1 unspecified atom stereocenters. The number of methoxy groups -OCH3 is 1. The second-order valence-electron chi connectivity index (χ2n) is 5.03. The van der Waals surface area contributed by atoms with E-state index in [0.717, 1.165) is 36.6 Å². The van der Waals surface area contributed by atoms with Gasteiger partial charge in [0.2, 0.25) is 0 Å². The molecular formula is C14H20Cl2N4O. The van der Waals surface area contributed by atoms with Crippen LogP contribution in [0.2, 0.25) is 5.02 Å². The molecule has 0 aromatic carbocycles. The van der Waals surface area contributed by atoms with Crippen molar-refractivity contribution >= 4 is 34.4 Å². The van der Waals surface area contributed by atoms with Crippen molar-refractivity contribution in [3.63, 3.8) is 0 Å². The third-order valence-electron chi connectivity index (χ3n) is 3.32. The predicted octanol–water partition coefficient (Wildman–Crippen LogP) is 2.96. The lowest BCUT2D eigenvalue weighted by Crippen LogP contribution is -2.27. The average Bonchev–Trinajstić information content (AvgIpc) is 2.80. The zero-order valence-electron chi connectivity index (χ0n) is 12.5. The summed E-state index contributed by atoms with van der Waals surface area (Å²) >= 11 is 12.2. The number of halogens is 2. The molecule has 0 amide bonds. The van der Waals surface area contributed by atoms with Crippen LogP contribution in [0.3, 0.4) is 0 Å². The van der Waals surface area contributed by atoms with Crippen LogP contribution in [0.1, 0.15) is 18.1 Å². The minimum Gasteiger partial charge on any atom is -0.383 e. The molecule has 21 heavy (non-hydrogen) atoms. The number of fused-ring (bicyclic) bond motifs is 1. The normalized spacial score (nSPS) is 13.2. The Bertz CT molecular complexity index is 600. The van der Waals surface area contributed by atoms with Crippen molar-refractivity contribution in [2.24, 2.45) is 0 Å². The first-order valence-electron chi connectivity index (χ1n) is 6.86. The van der Waals surface area contributed by atoms with Crippen molar-refractivity contribution in [1.82, 2.24) is 19.4 Å². The highest BCUT2D eigenvalue weighted by Gasteiger charge is 2.16. The molecule has 0 aliphatic heterocycles. The molecule has 2 rings (SSSR count). The molecule has 2 heterocycles. The van der Waals surface area contributed by atoms with Crippen LogP contribution in [0.15, 0.2) is 12.3 Å². The first-order chi connectivity index (χ1) is 10.0. The van der Waals surface area contributed by atoms with Gasteiger partial charge in [0.25, 0.3) is 0 Å². The molecule has 5 nitrogen and oxygen atoms in total. The Morgan fingerprint density at radius 3 is 2.86 bits per heavy atom. The van der Waals surface area contributed by atoms with Crippen LogP contribution in [-0.4, -0.2) is 53.3 Å². The molecule has 116 valence electrons. The van der Waals surface area contributed by atoms with Crippen LogP contribution in [0.5, 0.6) is 0 Å². The Kier molecular flexibility index (Phi) is 5.81. The van der Waals surface area contributed by atoms with Gasteiger partial charge in [0.15, 0.2) is 5.65 Å². The van der Waals surface area contributed by atoms with Gasteiger partial charge in [-0.25, -0.2) is 9.97 Å². The molecular weight excluding hydrogens is 311 g/mol. The standard InChI is InChI=1S/C14H20Cl2N4O/c1-10(15)13-18-12-8-11(16)9-17-14(12)20(13)5-4-19(2)6-7-21-3/h8-10H,4-7H2,1-3H3. The first kappa shape index (κ1) is 16.5. The van der Waals surface area contributed by atoms with E-state index in [2.05, 4.69) is 26.5 Å². The molecule has 0 radical (unpaired) electrons. The summed E-state index contributed by atoms with van der Waals surface area (Å²) in [5.74, 6) is 0.821. The van der Waals surface area contributed by atoms with Gasteiger partial charge >= 0.3 is 0 Å². The zero-order chi connectivity index (χ0) is 15.4. The summed E-state index contributed by atoms with van der Waals surface area (Å²) in [6.45, 7) is 5.16. The van der Waals surface area contributed by atoms with Gasteiger partial charge in [-0.3, -0.25) is 0 Å². The van der Waals surface area contributed by atoms with Crippen LogP contribution >= 0.6 is 23.2 Å². The van der Waals surface area contributed by atoms with Crippen molar-refractivity contribution in [1.29, 1.82) is 0 Å². The topological polar surface area (TPSA) is 43.2 Å². The summed E-state index contributed by atoms with van der Waals surface area (Å²) in [5.41, 5.74) is 1.60. The summed E-state index contributed by atoms with van der Waals surface area (Å²) in [4.78, 5) is 11.1. The maximum atomic E-state index is 6.24. The minimum absolute atomic E-state index is 0.178. The molecule has 0 aliphatic carbocycles. The molecule has 0 saturated carbocycles. The lowest BCUT2D eigenvalue weighted by Gasteiger charge is -2.17. The lowest BCUT2D eigenvalue weighted by atomic mass is 10.4. The number of hydrogen-bond donors (Lipinski definition) is 0. The van der Waals surface area contributed by atoms with E-state index in [1.807, 2.05) is 13.0 Å². The monoisotopic (exact) mass is 330 g/mol. The Labute approximate surface area is 134 Å². The third-order valence-corrected chi connectivity index (χ3v) is 3.72. The number of pyridine rings is 1. The number of hydrogen-bond acceptors (Lipinski definition) is 4. The highest BCUT2D eigenvalue weighted by molar-refractivity contribution is 6.31. The summed E-state index contributed by atoms with van der Waals surface area (Å²) in [6.07, 6.45) is 1.64. The summed E-state index contributed by atoms with van der Waals surface area (Å²) in [6, 6.07) is 1.82. The number of alkyl halides is 1. The molecule has 2 aromatic rings. The number of nitrogens with zero attached hydrogens (tertiary/aromatic N) is 4. The van der Waals surface area contributed by atoms with E-state index >= 15 is 0 Å². The fraction of sp³-hybridized carbons (Fsp3) is 0.571. The lowest BCUT2D eigenvalue weighted by molar-refractivity contribution is 0.159. The third kappa shape index (κ3) is 4.07. The molecule has 1 atom stereocenters. The van der Waals surface area contributed by atoms with Crippen molar-refractivity contribution in [3.8, 4) is 0 Å². The summed E-state index contributed by atoms with van der Waals surface area (Å²) < 4.78 is 7.15. The summed E-state index contributed by atoms with van der Waals surface area (Å²) in [5, 5.41) is 0.403. The van der Waals surface area contributed by atoms with Crippen LogP contribution < -0.4 is 0 Å². The molecule has 2 aromatic heterocycles. The number of rotatable bonds is 7. The number of imidazole rings is 1. The van der Waals surface area contributed by atoms with Crippen LogP contribution in [0, 0.1) is 0 Å². The maximum absolute atomic E-state index is 6.24. The molecule has 0 saturated heterocycles. The SMILES string of the molecule is COCCN(C)CCn1c(C(C)Cl)nc2cc(Cl)cnc21. The Morgan fingerprint density at radius 1 is 1.43 bits per heavy atom. The van der Waals surface area contributed by atoms with E-state index in [1.165, 1.54) is 0 Å². The molecule has 0 bridgehead atoms. The highest BCUT2D eigenvalue weighted by Crippen LogP contribution is 2.24. The molecule has 0 N–H and O–H groups in total. The predicted molar refractivity (Wildman–Crippen MR) is 86.2 cm³/mol. The van der Waals surface area contributed by atoms with Gasteiger partial charge in [-0.05, 0) is 20.0 Å². The largest absolute Gasteiger partial charge is 0.383 e. The highest BCUT2D eigenvalue weighted by atomic mass is 35.5. The Balaban J connectivity index is 2.22. The van der Waals surface area contributed by atoms with Gasteiger partial charge < -0.3 is 14.2 Å². The van der Waals surface area contributed by atoms with Gasteiger partial charge in [0, 0.05) is 32.9 Å². The number of ether oxygens (including phenoxy) is 1. The number of aromatic nitrogens is 3. The van der Waals surface area contributed by atoms with E-state index in [4.69, 9.17) is 27.9 Å². The number of likely N-dealkylation sites (N-methyl/N-ethyl adjacent to an activating group) is 1. The van der Waals surface area contributed by atoms with E-state index < -0.39 is 0 Å². The van der Waals surface area contributed by atoms with Gasteiger partial charge in [-0.2, -0.15) is 0 Å². The fourth-order valence-electron chi connectivity index (χ4n) is 2.16. The average molecular weight is 331 g/mol. The van der Waals surface area contributed by atoms with E-state index in [0.29, 0.717) is 11.6 Å². The van der Waals surface area contributed by atoms with Crippen molar-refractivity contribution in [2.75, 3.05) is 33.9 Å². The second-order valence-corrected chi connectivity index (χ2v) is 6.12. The molecule has 7 heteroatoms. The van der Waals surface area contributed by atoms with Gasteiger partial charge in [0.05, 0.1) is 17.0 Å². The van der Waals surface area contributed by atoms with E-state index in [1.54, 1.807) is 13.3 Å². The van der Waals surface area contributed by atoms with Crippen molar-refractivity contribution in [2.45, 2.75) is 18.8 Å². The van der Waals surface area contributed by atoms with Gasteiger partial charge in [-0.15, -0.1) is 11.6 Å². The Morgan fingerprint density at radius 2 is 2.19 bits per heavy atom. The summed E-state index contributed by atoms with van der Waals surface area (Å²) in [7, 11) is 3.77. The van der Waals surface area contributed by atoms with Gasteiger partial charge in [0.1, 0.15) is 11.3 Å². The fourth-order valence-corrected chi connectivity index (χ4v) is 2.48. The smallest absolute Gasteiger partial charge is 0.160 e. The minimum atomic E-state index is -0.178. The zero-order valence-corrected chi connectivity index (χ0v) is 14.0.